The van der Waals surface area contributed by atoms with Crippen molar-refractivity contribution < 1.29 is 29.8 Å². The van der Waals surface area contributed by atoms with Gasteiger partial charge in [0.25, 0.3) is 0 Å². The molecule has 3 rings (SSSR count). The van der Waals surface area contributed by atoms with E-state index in [1.807, 2.05) is 16.1 Å². The predicted octanol–water partition coefficient (Wildman–Crippen LogP) is 7.95. The summed E-state index contributed by atoms with van der Waals surface area (Å²) in [5.41, 5.74) is 5.35. The van der Waals surface area contributed by atoms with Crippen LogP contribution in [0.25, 0.3) is 0 Å². The van der Waals surface area contributed by atoms with Crippen molar-refractivity contribution in [3.05, 3.63) is 57.6 Å². The van der Waals surface area contributed by atoms with Crippen LogP contribution in [0.3, 0.4) is 0 Å². The maximum absolute atomic E-state index is 11.3. The SMILES string of the molecule is CC(C)(C)c1cc(C=[N+][C@@H]2CCCC[C@H]2[N+]([Co])=Cc2cc(C(C)(C)C)cc(C(C)(C)C)c2O)c(O)c(C(C)(C)C)c1. The Morgan fingerprint density at radius 3 is 1.59 bits per heavy atom. The van der Waals surface area contributed by atoms with E-state index in [1.54, 1.807) is 0 Å². The van der Waals surface area contributed by atoms with E-state index >= 15 is 0 Å². The van der Waals surface area contributed by atoms with Gasteiger partial charge >= 0.3 is 259 Å². The average Bonchev–Trinajstić information content (AvgIpc) is 2.81. The summed E-state index contributed by atoms with van der Waals surface area (Å²) in [5.74, 6) is 0.631. The molecule has 41 heavy (non-hydrogen) atoms. The van der Waals surface area contributed by atoms with E-state index in [1.165, 1.54) is 11.1 Å². The van der Waals surface area contributed by atoms with Crippen LogP contribution in [0.2, 0.25) is 0 Å². The van der Waals surface area contributed by atoms with Crippen molar-refractivity contribution in [1.29, 1.82) is 0 Å². The molecule has 1 aliphatic carbocycles. The molecule has 2 aromatic rings. The summed E-state index contributed by atoms with van der Waals surface area (Å²) in [4.78, 5) is 5.08. The van der Waals surface area contributed by atoms with Crippen LogP contribution in [-0.4, -0.2) is 38.4 Å². The Hall–Kier alpha value is -2.11. The van der Waals surface area contributed by atoms with Gasteiger partial charge in [-0.15, -0.1) is 0 Å². The number of phenols is 2. The van der Waals surface area contributed by atoms with Crippen LogP contribution < -0.4 is 4.99 Å². The van der Waals surface area contributed by atoms with Gasteiger partial charge in [0.15, 0.2) is 0 Å². The molecule has 0 heterocycles. The van der Waals surface area contributed by atoms with Gasteiger partial charge in [0.05, 0.1) is 0 Å². The minimum atomic E-state index is -0.193. The van der Waals surface area contributed by atoms with Crippen molar-refractivity contribution in [2.75, 3.05) is 0 Å². The van der Waals surface area contributed by atoms with Gasteiger partial charge in [-0.25, -0.2) is 0 Å². The Morgan fingerprint density at radius 2 is 1.12 bits per heavy atom. The fourth-order valence-electron chi connectivity index (χ4n) is 5.46. The average molecular weight is 606 g/mol. The predicted molar refractivity (Wildman–Crippen MR) is 170 cm³/mol. The number of phenolic OH excluding ortho intramolecular Hbond substituents is 2. The third-order valence-corrected chi connectivity index (χ3v) is 8.76. The Bertz CT molecular complexity index is 1310. The minimum absolute atomic E-state index is 0.0291. The van der Waals surface area contributed by atoms with Crippen LogP contribution in [0.15, 0.2) is 24.3 Å². The van der Waals surface area contributed by atoms with Crippen molar-refractivity contribution in [1.82, 2.24) is 4.99 Å². The van der Waals surface area contributed by atoms with Crippen LogP contribution in [0, 0.1) is 0 Å². The number of aromatic hydroxyl groups is 2. The third kappa shape index (κ3) is 8.04. The van der Waals surface area contributed by atoms with E-state index in [4.69, 9.17) is 20.9 Å². The van der Waals surface area contributed by atoms with Crippen molar-refractivity contribution >= 4 is 12.4 Å². The first-order chi connectivity index (χ1) is 18.6. The van der Waals surface area contributed by atoms with Gasteiger partial charge in [-0.1, -0.05) is 0 Å². The Balaban J connectivity index is 2.06. The number of nitrogens with zero attached hydrogens (tertiary/aromatic N) is 2. The summed E-state index contributed by atoms with van der Waals surface area (Å²) in [7, 11) is 0. The van der Waals surface area contributed by atoms with Crippen LogP contribution >= 0.6 is 0 Å². The van der Waals surface area contributed by atoms with Crippen LogP contribution in [0.4, 0.5) is 0 Å². The van der Waals surface area contributed by atoms with Crippen molar-refractivity contribution in [3.8, 4) is 11.5 Å². The molecular weight excluding hydrogens is 551 g/mol. The summed E-state index contributed by atoms with van der Waals surface area (Å²) in [6, 6.07) is 8.57. The second kappa shape index (κ2) is 11.9. The summed E-state index contributed by atoms with van der Waals surface area (Å²) in [5, 5.41) is 22.6. The second-order valence-electron chi connectivity index (χ2n) is 16.1. The summed E-state index contributed by atoms with van der Waals surface area (Å²) in [6.07, 6.45) is 8.00. The molecule has 0 amide bonds. The van der Waals surface area contributed by atoms with E-state index in [0.717, 1.165) is 47.9 Å². The molecular formula is C36H54CoN2O2+2. The molecule has 1 saturated carbocycles. The molecule has 1 fully saturated rings. The first kappa shape index (κ1) is 33.4. The van der Waals surface area contributed by atoms with Crippen LogP contribution in [0.1, 0.15) is 142 Å². The van der Waals surface area contributed by atoms with E-state index in [0.29, 0.717) is 11.5 Å². The molecule has 0 spiro atoms. The maximum atomic E-state index is 11.3. The molecule has 227 valence electrons. The Kier molecular flexibility index (Phi) is 9.67. The van der Waals surface area contributed by atoms with E-state index in [2.05, 4.69) is 107 Å². The van der Waals surface area contributed by atoms with Crippen LogP contribution in [0.5, 0.6) is 11.5 Å². The standard InChI is InChI=1S/C36H54N2O2.Co/c1-33(2,3)25-17-23(31(39)27(19-25)35(7,8)9)21-37-29-15-13-14-16-30(29)38-22-24-18-26(34(4,5)6)20-28(32(24)40)36(10,11)12;/h17-22,29-30,39-40H,13-16H2,1-12H3;/q2*+1/t29-,30-;/m1./s1. The monoisotopic (exact) mass is 605 g/mol. The molecule has 5 heteroatoms. The molecule has 4 nitrogen and oxygen atoms in total. The van der Waals surface area contributed by atoms with Gasteiger partial charge < -0.3 is 0 Å². The van der Waals surface area contributed by atoms with Crippen LogP contribution in [-0.2, 0) is 37.6 Å². The fraction of sp³-hybridized carbons (Fsp3) is 0.611. The molecule has 2 atom stereocenters. The summed E-state index contributed by atoms with van der Waals surface area (Å²) in [6.45, 7) is 26.0. The number of hydrogen-bond acceptors (Lipinski definition) is 3. The second-order valence-corrected chi connectivity index (χ2v) is 16.6. The van der Waals surface area contributed by atoms with Gasteiger partial charge in [0, 0.05) is 0 Å². The van der Waals surface area contributed by atoms with E-state index < -0.39 is 0 Å². The fourth-order valence-corrected chi connectivity index (χ4v) is 5.92. The number of rotatable bonds is 4. The first-order valence-electron chi connectivity index (χ1n) is 15.2. The summed E-state index contributed by atoms with van der Waals surface area (Å²) >= 11 is 5.02. The number of aliphatic imine (C=N–C) groups is 1. The Labute approximate surface area is 258 Å². The van der Waals surface area contributed by atoms with Gasteiger partial charge in [0.2, 0.25) is 0 Å². The molecule has 0 unspecified atom stereocenters. The zero-order chi connectivity index (χ0) is 31.1. The molecule has 1 radical (unpaired) electrons. The molecule has 0 aromatic heterocycles. The normalized spacial score (nSPS) is 19.7. The quantitative estimate of drug-likeness (QED) is 0.348. The van der Waals surface area contributed by atoms with Crippen molar-refractivity contribution in [3.63, 3.8) is 0 Å². The summed E-state index contributed by atoms with van der Waals surface area (Å²) < 4.78 is 1.95. The van der Waals surface area contributed by atoms with Gasteiger partial charge in [-0.3, -0.25) is 0 Å². The molecule has 2 N–H and O–H groups in total. The number of benzene rings is 2. The molecule has 2 aromatic carbocycles. The number of hydrogen-bond donors (Lipinski definition) is 2. The molecule has 0 aliphatic heterocycles. The topological polar surface area (TPSA) is 57.6 Å². The van der Waals surface area contributed by atoms with Crippen molar-refractivity contribution in [2.45, 2.75) is 143 Å². The van der Waals surface area contributed by atoms with Gasteiger partial charge in [-0.2, -0.15) is 0 Å². The molecule has 1 aliphatic rings. The van der Waals surface area contributed by atoms with Gasteiger partial charge in [-0.05, 0) is 0 Å². The molecule has 0 bridgehead atoms. The zero-order valence-electron chi connectivity index (χ0n) is 27.6. The van der Waals surface area contributed by atoms with Crippen molar-refractivity contribution in [2.24, 2.45) is 0 Å². The van der Waals surface area contributed by atoms with E-state index in [9.17, 15) is 10.2 Å². The third-order valence-electron chi connectivity index (χ3n) is 8.28. The molecule has 0 saturated heterocycles. The van der Waals surface area contributed by atoms with E-state index in [-0.39, 0.29) is 33.7 Å². The Morgan fingerprint density at radius 1 is 0.683 bits per heavy atom. The first-order valence-corrected chi connectivity index (χ1v) is 15.6. The van der Waals surface area contributed by atoms with Gasteiger partial charge in [0.1, 0.15) is 0 Å². The zero-order valence-corrected chi connectivity index (χ0v) is 28.6.